The van der Waals surface area contributed by atoms with Crippen LogP contribution in [0.1, 0.15) is 27.2 Å². The number of non-ortho nitro benzene ring substituents is 1. The molecule has 5 nitrogen and oxygen atoms in total. The van der Waals surface area contributed by atoms with Gasteiger partial charge in [-0.2, -0.15) is 0 Å². The van der Waals surface area contributed by atoms with Gasteiger partial charge in [-0.25, -0.2) is 0 Å². The number of hydrogen-bond acceptors (Lipinski definition) is 4. The van der Waals surface area contributed by atoms with Crippen LogP contribution >= 0.6 is 0 Å². The van der Waals surface area contributed by atoms with Gasteiger partial charge in [0.25, 0.3) is 5.69 Å². The Kier molecular flexibility index (Phi) is 4.95. The first-order chi connectivity index (χ1) is 8.42. The Balaban J connectivity index is 2.87. The Labute approximate surface area is 108 Å². The third-order valence-corrected chi connectivity index (χ3v) is 2.66. The molecule has 0 amide bonds. The summed E-state index contributed by atoms with van der Waals surface area (Å²) in [7, 11) is 1.75. The van der Waals surface area contributed by atoms with E-state index in [1.165, 1.54) is 6.07 Å². The monoisotopic (exact) mass is 251 g/mol. The van der Waals surface area contributed by atoms with E-state index in [9.17, 15) is 10.1 Å². The predicted octanol–water partition coefficient (Wildman–Crippen LogP) is 3.48. The maximum Gasteiger partial charge on any atom is 0.273 e. The van der Waals surface area contributed by atoms with Crippen molar-refractivity contribution in [1.29, 1.82) is 0 Å². The van der Waals surface area contributed by atoms with Crippen molar-refractivity contribution in [3.63, 3.8) is 0 Å². The Morgan fingerprint density at radius 1 is 1.22 bits per heavy atom. The molecular formula is C13H21N3O2. The van der Waals surface area contributed by atoms with Crippen LogP contribution < -0.4 is 10.6 Å². The zero-order valence-electron chi connectivity index (χ0n) is 11.4. The van der Waals surface area contributed by atoms with E-state index in [4.69, 9.17) is 0 Å². The van der Waals surface area contributed by atoms with Gasteiger partial charge in [-0.3, -0.25) is 10.1 Å². The summed E-state index contributed by atoms with van der Waals surface area (Å²) in [6.07, 6.45) is 1.03. The summed E-state index contributed by atoms with van der Waals surface area (Å²) in [6.45, 7) is 6.40. The largest absolute Gasteiger partial charge is 0.388 e. The zero-order chi connectivity index (χ0) is 13.7. The molecule has 1 unspecified atom stereocenters. The molecule has 1 aromatic rings. The van der Waals surface area contributed by atoms with Crippen molar-refractivity contribution in [3.8, 4) is 0 Å². The minimum Gasteiger partial charge on any atom is -0.388 e. The van der Waals surface area contributed by atoms with Gasteiger partial charge in [-0.1, -0.05) is 13.8 Å². The number of nitrogens with zero attached hydrogens (tertiary/aromatic N) is 1. The third kappa shape index (κ3) is 4.24. The number of hydrogen-bond donors (Lipinski definition) is 2. The molecule has 18 heavy (non-hydrogen) atoms. The molecule has 0 aromatic heterocycles. The average Bonchev–Trinajstić information content (AvgIpc) is 2.27. The van der Waals surface area contributed by atoms with Gasteiger partial charge >= 0.3 is 0 Å². The average molecular weight is 251 g/mol. The maximum absolute atomic E-state index is 10.8. The molecule has 0 aliphatic carbocycles. The Bertz CT molecular complexity index is 419. The molecule has 0 radical (unpaired) electrons. The van der Waals surface area contributed by atoms with Crippen molar-refractivity contribution >= 4 is 17.1 Å². The first kappa shape index (κ1) is 14.3. The minimum absolute atomic E-state index is 0.0982. The lowest BCUT2D eigenvalue weighted by Gasteiger charge is -2.17. The van der Waals surface area contributed by atoms with Gasteiger partial charge < -0.3 is 10.6 Å². The van der Waals surface area contributed by atoms with Crippen LogP contribution in [0.2, 0.25) is 0 Å². The lowest BCUT2D eigenvalue weighted by Crippen LogP contribution is -2.17. The van der Waals surface area contributed by atoms with Crippen LogP contribution in [0.4, 0.5) is 17.1 Å². The first-order valence-corrected chi connectivity index (χ1v) is 6.16. The number of benzene rings is 1. The molecule has 0 aliphatic heterocycles. The second-order valence-electron chi connectivity index (χ2n) is 4.95. The van der Waals surface area contributed by atoms with Crippen LogP contribution in [0, 0.1) is 16.0 Å². The van der Waals surface area contributed by atoms with E-state index in [-0.39, 0.29) is 16.7 Å². The van der Waals surface area contributed by atoms with Gasteiger partial charge in [0.1, 0.15) is 0 Å². The molecule has 0 saturated heterocycles. The number of nitro benzene ring substituents is 1. The number of nitrogens with one attached hydrogen (secondary N) is 2. The van der Waals surface area contributed by atoms with E-state index in [1.54, 1.807) is 13.1 Å². The fourth-order valence-electron chi connectivity index (χ4n) is 1.99. The highest BCUT2D eigenvalue weighted by Gasteiger charge is 2.11. The lowest BCUT2D eigenvalue weighted by molar-refractivity contribution is -0.384. The highest BCUT2D eigenvalue weighted by molar-refractivity contribution is 5.63. The Hall–Kier alpha value is -1.78. The smallest absolute Gasteiger partial charge is 0.273 e. The fraction of sp³-hybridized carbons (Fsp3) is 0.538. The summed E-state index contributed by atoms with van der Waals surface area (Å²) in [5, 5.41) is 17.1. The van der Waals surface area contributed by atoms with Gasteiger partial charge in [0, 0.05) is 36.6 Å². The van der Waals surface area contributed by atoms with E-state index in [0.29, 0.717) is 5.92 Å². The molecule has 1 aromatic carbocycles. The van der Waals surface area contributed by atoms with E-state index in [0.717, 1.165) is 17.8 Å². The van der Waals surface area contributed by atoms with Crippen LogP contribution in [-0.4, -0.2) is 18.0 Å². The van der Waals surface area contributed by atoms with Crippen molar-refractivity contribution in [3.05, 3.63) is 28.3 Å². The molecule has 0 spiro atoms. The predicted molar refractivity (Wildman–Crippen MR) is 75.2 cm³/mol. The lowest BCUT2D eigenvalue weighted by atomic mass is 10.0. The molecule has 0 heterocycles. The van der Waals surface area contributed by atoms with Gasteiger partial charge in [0.05, 0.1) is 4.92 Å². The first-order valence-electron chi connectivity index (χ1n) is 6.16. The molecule has 0 fully saturated rings. The summed E-state index contributed by atoms with van der Waals surface area (Å²) < 4.78 is 0. The summed E-state index contributed by atoms with van der Waals surface area (Å²) in [6, 6.07) is 5.26. The van der Waals surface area contributed by atoms with Crippen LogP contribution in [-0.2, 0) is 0 Å². The van der Waals surface area contributed by atoms with Gasteiger partial charge in [0.15, 0.2) is 0 Å². The van der Waals surface area contributed by atoms with Crippen molar-refractivity contribution in [1.82, 2.24) is 0 Å². The van der Waals surface area contributed by atoms with Crippen molar-refractivity contribution < 1.29 is 4.92 Å². The molecule has 0 bridgehead atoms. The molecule has 1 atom stereocenters. The number of rotatable bonds is 6. The van der Waals surface area contributed by atoms with Gasteiger partial charge in [-0.15, -0.1) is 0 Å². The molecule has 5 heteroatoms. The normalized spacial score (nSPS) is 12.3. The molecule has 2 N–H and O–H groups in total. The van der Waals surface area contributed by atoms with Gasteiger partial charge in [-0.05, 0) is 25.3 Å². The van der Waals surface area contributed by atoms with E-state index in [1.807, 2.05) is 6.07 Å². The highest BCUT2D eigenvalue weighted by Crippen LogP contribution is 2.25. The van der Waals surface area contributed by atoms with Crippen LogP contribution in [0.3, 0.4) is 0 Å². The summed E-state index contributed by atoms with van der Waals surface area (Å²) in [5.41, 5.74) is 1.62. The minimum atomic E-state index is -0.376. The van der Waals surface area contributed by atoms with Crippen LogP contribution in [0.5, 0.6) is 0 Å². The van der Waals surface area contributed by atoms with Crippen LogP contribution in [0.25, 0.3) is 0 Å². The molecule has 0 saturated carbocycles. The standard InChI is InChI=1S/C13H21N3O2/c1-9(2)5-10(3)15-12-6-11(14-4)7-13(8-12)16(17)18/h6-10,14-15H,5H2,1-4H3. The second-order valence-corrected chi connectivity index (χ2v) is 4.95. The SMILES string of the molecule is CNc1cc(NC(C)CC(C)C)cc([N+](=O)[O-])c1. The molecule has 1 rings (SSSR count). The maximum atomic E-state index is 10.8. The molecule has 100 valence electrons. The van der Waals surface area contributed by atoms with Crippen molar-refractivity contribution in [2.75, 3.05) is 17.7 Å². The molecular weight excluding hydrogens is 230 g/mol. The second kappa shape index (κ2) is 6.23. The molecule has 0 aliphatic rings. The van der Waals surface area contributed by atoms with E-state index >= 15 is 0 Å². The van der Waals surface area contributed by atoms with Crippen LogP contribution in [0.15, 0.2) is 18.2 Å². The van der Waals surface area contributed by atoms with Crippen molar-refractivity contribution in [2.45, 2.75) is 33.2 Å². The Morgan fingerprint density at radius 3 is 2.33 bits per heavy atom. The van der Waals surface area contributed by atoms with E-state index in [2.05, 4.69) is 31.4 Å². The summed E-state index contributed by atoms with van der Waals surface area (Å²) >= 11 is 0. The van der Waals surface area contributed by atoms with E-state index < -0.39 is 0 Å². The summed E-state index contributed by atoms with van der Waals surface area (Å²) in [5.74, 6) is 0.593. The number of anilines is 2. The van der Waals surface area contributed by atoms with Gasteiger partial charge in [0.2, 0.25) is 0 Å². The zero-order valence-corrected chi connectivity index (χ0v) is 11.4. The third-order valence-electron chi connectivity index (χ3n) is 2.66. The number of nitro groups is 1. The highest BCUT2D eigenvalue weighted by atomic mass is 16.6. The Morgan fingerprint density at radius 2 is 1.83 bits per heavy atom. The fourth-order valence-corrected chi connectivity index (χ4v) is 1.99. The van der Waals surface area contributed by atoms with Crippen molar-refractivity contribution in [2.24, 2.45) is 5.92 Å². The quantitative estimate of drug-likeness (QED) is 0.600. The topological polar surface area (TPSA) is 67.2 Å². The summed E-state index contributed by atoms with van der Waals surface area (Å²) in [4.78, 5) is 10.5.